The maximum absolute atomic E-state index is 11.3. The number of para-hydroxylation sites is 1. The molecule has 1 rings (SSSR count). The summed E-state index contributed by atoms with van der Waals surface area (Å²) in [5.41, 5.74) is 0.560. The summed E-state index contributed by atoms with van der Waals surface area (Å²) in [6.07, 6.45) is 1.12. The van der Waals surface area contributed by atoms with Crippen molar-refractivity contribution in [2.45, 2.75) is 6.92 Å². The van der Waals surface area contributed by atoms with Crippen LogP contribution in [0, 0.1) is 0 Å². The SMILES string of the molecule is C=CC(=O)N(C(C)=O)c1ccccc1. The lowest BCUT2D eigenvalue weighted by Crippen LogP contribution is -2.33. The van der Waals surface area contributed by atoms with Crippen LogP contribution in [0.1, 0.15) is 6.92 Å². The molecule has 3 nitrogen and oxygen atoms in total. The topological polar surface area (TPSA) is 37.4 Å². The number of anilines is 1. The van der Waals surface area contributed by atoms with Crippen molar-refractivity contribution in [2.75, 3.05) is 4.90 Å². The summed E-state index contributed by atoms with van der Waals surface area (Å²) >= 11 is 0. The fourth-order valence-corrected chi connectivity index (χ4v) is 1.13. The summed E-state index contributed by atoms with van der Waals surface area (Å²) in [4.78, 5) is 23.6. The molecule has 0 unspecified atom stereocenters. The summed E-state index contributed by atoms with van der Waals surface area (Å²) in [5.74, 6) is -0.732. The predicted octanol–water partition coefficient (Wildman–Crippen LogP) is 1.75. The number of benzene rings is 1. The lowest BCUT2D eigenvalue weighted by molar-refractivity contribution is -0.122. The van der Waals surface area contributed by atoms with Crippen LogP contribution >= 0.6 is 0 Å². The highest BCUT2D eigenvalue weighted by atomic mass is 16.2. The number of hydrogen-bond donors (Lipinski definition) is 0. The molecule has 72 valence electrons. The van der Waals surface area contributed by atoms with Gasteiger partial charge in [0.2, 0.25) is 5.91 Å². The van der Waals surface area contributed by atoms with Crippen LogP contribution in [0.15, 0.2) is 43.0 Å². The molecule has 3 heteroatoms. The summed E-state index contributed by atoms with van der Waals surface area (Å²) in [5, 5.41) is 0. The van der Waals surface area contributed by atoms with Crippen LogP contribution in [0.5, 0.6) is 0 Å². The zero-order valence-corrected chi connectivity index (χ0v) is 7.93. The monoisotopic (exact) mass is 189 g/mol. The van der Waals surface area contributed by atoms with E-state index >= 15 is 0 Å². The molecule has 1 aromatic rings. The van der Waals surface area contributed by atoms with Gasteiger partial charge in [-0.15, -0.1) is 0 Å². The minimum absolute atomic E-state index is 0.318. The molecular weight excluding hydrogens is 178 g/mol. The molecule has 0 bridgehead atoms. The second kappa shape index (κ2) is 4.37. The summed E-state index contributed by atoms with van der Waals surface area (Å²) in [6.45, 7) is 4.69. The van der Waals surface area contributed by atoms with Crippen molar-refractivity contribution in [3.8, 4) is 0 Å². The van der Waals surface area contributed by atoms with E-state index < -0.39 is 5.91 Å². The van der Waals surface area contributed by atoms with Crippen LogP contribution in [0.3, 0.4) is 0 Å². The zero-order valence-electron chi connectivity index (χ0n) is 7.93. The molecule has 0 atom stereocenters. The average molecular weight is 189 g/mol. The van der Waals surface area contributed by atoms with Crippen LogP contribution in [-0.4, -0.2) is 11.8 Å². The fourth-order valence-electron chi connectivity index (χ4n) is 1.13. The van der Waals surface area contributed by atoms with Gasteiger partial charge in [-0.05, 0) is 18.2 Å². The van der Waals surface area contributed by atoms with Gasteiger partial charge >= 0.3 is 0 Å². The van der Waals surface area contributed by atoms with Gasteiger partial charge in [-0.2, -0.15) is 0 Å². The minimum Gasteiger partial charge on any atom is -0.274 e. The van der Waals surface area contributed by atoms with E-state index in [4.69, 9.17) is 0 Å². The molecule has 1 aromatic carbocycles. The third-order valence-electron chi connectivity index (χ3n) is 1.72. The van der Waals surface area contributed by atoms with Gasteiger partial charge in [-0.3, -0.25) is 9.59 Å². The highest BCUT2D eigenvalue weighted by Gasteiger charge is 2.16. The van der Waals surface area contributed by atoms with Gasteiger partial charge in [0, 0.05) is 6.92 Å². The van der Waals surface area contributed by atoms with Crippen LogP contribution in [0.4, 0.5) is 5.69 Å². The number of carbonyl (C=O) groups is 2. The first-order chi connectivity index (χ1) is 6.66. The van der Waals surface area contributed by atoms with Gasteiger partial charge in [-0.1, -0.05) is 24.8 Å². The summed E-state index contributed by atoms with van der Waals surface area (Å²) in [6, 6.07) is 8.75. The number of rotatable bonds is 2. The molecule has 0 aliphatic rings. The van der Waals surface area contributed by atoms with Crippen molar-refractivity contribution in [3.05, 3.63) is 43.0 Å². The van der Waals surface area contributed by atoms with Crippen molar-refractivity contribution < 1.29 is 9.59 Å². The van der Waals surface area contributed by atoms with E-state index in [1.807, 2.05) is 6.07 Å². The van der Waals surface area contributed by atoms with E-state index in [2.05, 4.69) is 6.58 Å². The van der Waals surface area contributed by atoms with E-state index in [0.29, 0.717) is 5.69 Å². The van der Waals surface area contributed by atoms with Crippen molar-refractivity contribution >= 4 is 17.5 Å². The van der Waals surface area contributed by atoms with E-state index in [9.17, 15) is 9.59 Å². The standard InChI is InChI=1S/C11H11NO2/c1-3-11(14)12(9(2)13)10-7-5-4-6-8-10/h3-8H,1H2,2H3. The normalized spacial score (nSPS) is 9.21. The highest BCUT2D eigenvalue weighted by Crippen LogP contribution is 2.13. The quantitative estimate of drug-likeness (QED) is 0.665. The number of hydrogen-bond acceptors (Lipinski definition) is 2. The smallest absolute Gasteiger partial charge is 0.257 e. The third-order valence-corrected chi connectivity index (χ3v) is 1.72. The van der Waals surface area contributed by atoms with Crippen LogP contribution in [0.2, 0.25) is 0 Å². The summed E-state index contributed by atoms with van der Waals surface area (Å²) in [7, 11) is 0. The van der Waals surface area contributed by atoms with E-state index in [-0.39, 0.29) is 5.91 Å². The first-order valence-electron chi connectivity index (χ1n) is 4.19. The van der Waals surface area contributed by atoms with Gasteiger partial charge in [-0.25, -0.2) is 4.90 Å². The fraction of sp³-hybridized carbons (Fsp3) is 0.0909. The third kappa shape index (κ3) is 2.07. The molecule has 2 amide bonds. The Hall–Kier alpha value is -1.90. The minimum atomic E-state index is -0.413. The molecule has 0 saturated heterocycles. The van der Waals surface area contributed by atoms with E-state index in [1.165, 1.54) is 6.92 Å². The molecule has 0 aliphatic heterocycles. The lowest BCUT2D eigenvalue weighted by atomic mass is 10.3. The van der Waals surface area contributed by atoms with E-state index in [0.717, 1.165) is 11.0 Å². The average Bonchev–Trinajstić information content (AvgIpc) is 2.19. The number of nitrogens with zero attached hydrogens (tertiary/aromatic N) is 1. The van der Waals surface area contributed by atoms with Crippen molar-refractivity contribution in [2.24, 2.45) is 0 Å². The lowest BCUT2D eigenvalue weighted by Gasteiger charge is -2.16. The Morgan fingerprint density at radius 2 is 1.86 bits per heavy atom. The van der Waals surface area contributed by atoms with Crippen molar-refractivity contribution in [3.63, 3.8) is 0 Å². The molecule has 0 aromatic heterocycles. The first kappa shape index (κ1) is 10.2. The molecule has 14 heavy (non-hydrogen) atoms. The number of imide groups is 1. The molecule has 0 saturated carbocycles. The van der Waals surface area contributed by atoms with Gasteiger partial charge in [0.15, 0.2) is 0 Å². The Morgan fingerprint density at radius 1 is 1.29 bits per heavy atom. The maximum atomic E-state index is 11.3. The first-order valence-corrected chi connectivity index (χ1v) is 4.19. The second-order valence-corrected chi connectivity index (χ2v) is 2.73. The highest BCUT2D eigenvalue weighted by molar-refractivity contribution is 6.17. The Kier molecular flexibility index (Phi) is 3.18. The van der Waals surface area contributed by atoms with Crippen LogP contribution < -0.4 is 4.90 Å². The van der Waals surface area contributed by atoms with Crippen molar-refractivity contribution in [1.29, 1.82) is 0 Å². The Morgan fingerprint density at radius 3 is 2.29 bits per heavy atom. The number of carbonyl (C=O) groups excluding carboxylic acids is 2. The molecule has 0 fully saturated rings. The van der Waals surface area contributed by atoms with Crippen LogP contribution in [0.25, 0.3) is 0 Å². The molecule has 0 radical (unpaired) electrons. The zero-order chi connectivity index (χ0) is 10.6. The Bertz CT molecular complexity index is 357. The van der Waals surface area contributed by atoms with Gasteiger partial charge < -0.3 is 0 Å². The largest absolute Gasteiger partial charge is 0.274 e. The van der Waals surface area contributed by atoms with Gasteiger partial charge in [0.1, 0.15) is 0 Å². The predicted molar refractivity (Wildman–Crippen MR) is 54.8 cm³/mol. The second-order valence-electron chi connectivity index (χ2n) is 2.73. The Labute approximate surface area is 82.6 Å². The van der Waals surface area contributed by atoms with Gasteiger partial charge in [0.25, 0.3) is 5.91 Å². The molecule has 0 aliphatic carbocycles. The Balaban J connectivity index is 3.07. The van der Waals surface area contributed by atoms with Crippen molar-refractivity contribution in [1.82, 2.24) is 0 Å². The maximum Gasteiger partial charge on any atom is 0.257 e. The molecule has 0 spiro atoms. The van der Waals surface area contributed by atoms with E-state index in [1.54, 1.807) is 24.3 Å². The van der Waals surface area contributed by atoms with Crippen LogP contribution in [-0.2, 0) is 9.59 Å². The molecular formula is C11H11NO2. The van der Waals surface area contributed by atoms with Gasteiger partial charge in [0.05, 0.1) is 5.69 Å². The molecule has 0 N–H and O–H groups in total. The summed E-state index contributed by atoms with van der Waals surface area (Å²) < 4.78 is 0. The number of amides is 2. The molecule has 0 heterocycles.